The molecule has 0 aliphatic heterocycles. The highest BCUT2D eigenvalue weighted by molar-refractivity contribution is 5.95. The summed E-state index contributed by atoms with van der Waals surface area (Å²) in [6, 6.07) is 17.3. The molecule has 1 aliphatic rings. The van der Waals surface area contributed by atoms with E-state index >= 15 is 0 Å². The summed E-state index contributed by atoms with van der Waals surface area (Å²) >= 11 is 0. The SMILES string of the molecule is C=C(C)C(=O)COC1CCc2ccc(-c3ccc(-c4ccc(OC(=O)C(=C)C)cc4OC(=O)C(=C)C)cc3C)cc21. The molecule has 0 bridgehead atoms. The molecule has 0 aromatic heterocycles. The molecular weight excluding hydrogens is 516 g/mol. The van der Waals surface area contributed by atoms with E-state index in [-0.39, 0.29) is 41.1 Å². The van der Waals surface area contributed by atoms with E-state index in [0.717, 1.165) is 40.7 Å². The average molecular weight is 551 g/mol. The number of aryl methyl sites for hydroxylation is 2. The fourth-order valence-electron chi connectivity index (χ4n) is 4.63. The largest absolute Gasteiger partial charge is 0.423 e. The average Bonchev–Trinajstić information content (AvgIpc) is 3.33. The van der Waals surface area contributed by atoms with Crippen molar-refractivity contribution in [1.82, 2.24) is 0 Å². The van der Waals surface area contributed by atoms with Crippen molar-refractivity contribution in [3.05, 3.63) is 108 Å². The molecule has 210 valence electrons. The second kappa shape index (κ2) is 12.3. The maximum atomic E-state index is 12.4. The minimum atomic E-state index is -0.581. The minimum Gasteiger partial charge on any atom is -0.423 e. The van der Waals surface area contributed by atoms with Gasteiger partial charge in [0.05, 0.1) is 6.10 Å². The molecule has 0 amide bonds. The smallest absolute Gasteiger partial charge is 0.338 e. The van der Waals surface area contributed by atoms with Gasteiger partial charge in [0.2, 0.25) is 0 Å². The standard InChI is InChI=1S/C35H34O6/c1-20(2)31(36)19-39-32-15-11-24-8-9-26(17-30(24)32)28-13-10-25(16-23(28)7)29-14-12-27(40-34(37)21(3)4)18-33(29)41-35(38)22(5)6/h8-10,12-14,16-18,32H,1,3,5,11,15,19H2,2,4,6-7H3. The second-order valence-electron chi connectivity index (χ2n) is 10.5. The van der Waals surface area contributed by atoms with E-state index in [4.69, 9.17) is 14.2 Å². The van der Waals surface area contributed by atoms with Gasteiger partial charge in [-0.1, -0.05) is 50.1 Å². The number of rotatable bonds is 10. The molecule has 0 spiro atoms. The predicted molar refractivity (Wildman–Crippen MR) is 160 cm³/mol. The number of carbonyl (C=O) groups is 3. The lowest BCUT2D eigenvalue weighted by Crippen LogP contribution is -2.12. The van der Waals surface area contributed by atoms with E-state index in [2.05, 4.69) is 37.9 Å². The Kier molecular flexibility index (Phi) is 8.84. The highest BCUT2D eigenvalue weighted by Gasteiger charge is 2.25. The van der Waals surface area contributed by atoms with E-state index < -0.39 is 11.9 Å². The van der Waals surface area contributed by atoms with Gasteiger partial charge in [-0.15, -0.1) is 0 Å². The number of Topliss-reactive ketones (excluding diaryl/α,β-unsaturated/α-hetero) is 1. The summed E-state index contributed by atoms with van der Waals surface area (Å²) in [4.78, 5) is 36.5. The topological polar surface area (TPSA) is 78.9 Å². The van der Waals surface area contributed by atoms with Gasteiger partial charge in [-0.05, 0) is 97.7 Å². The predicted octanol–water partition coefficient (Wildman–Crippen LogP) is 7.44. The Morgan fingerprint density at radius 1 is 0.780 bits per heavy atom. The lowest BCUT2D eigenvalue weighted by Gasteiger charge is -2.16. The lowest BCUT2D eigenvalue weighted by molar-refractivity contribution is -0.130. The van der Waals surface area contributed by atoms with Gasteiger partial charge in [0.15, 0.2) is 5.78 Å². The second-order valence-corrected chi connectivity index (χ2v) is 10.5. The van der Waals surface area contributed by atoms with Crippen LogP contribution in [0.4, 0.5) is 0 Å². The number of hydrogen-bond donors (Lipinski definition) is 0. The third-order valence-corrected chi connectivity index (χ3v) is 6.97. The van der Waals surface area contributed by atoms with Gasteiger partial charge < -0.3 is 14.2 Å². The molecule has 6 nitrogen and oxygen atoms in total. The zero-order chi connectivity index (χ0) is 29.8. The number of ketones is 1. The van der Waals surface area contributed by atoms with Crippen LogP contribution in [0.3, 0.4) is 0 Å². The van der Waals surface area contributed by atoms with Crippen molar-refractivity contribution in [1.29, 1.82) is 0 Å². The van der Waals surface area contributed by atoms with E-state index in [0.29, 0.717) is 11.1 Å². The molecule has 1 unspecified atom stereocenters. The monoisotopic (exact) mass is 550 g/mol. The van der Waals surface area contributed by atoms with Crippen LogP contribution >= 0.6 is 0 Å². The summed E-state index contributed by atoms with van der Waals surface area (Å²) < 4.78 is 16.9. The van der Waals surface area contributed by atoms with Crippen molar-refractivity contribution in [3.8, 4) is 33.8 Å². The highest BCUT2D eigenvalue weighted by Crippen LogP contribution is 2.39. The van der Waals surface area contributed by atoms with Gasteiger partial charge in [0.1, 0.15) is 18.1 Å². The molecule has 1 atom stereocenters. The van der Waals surface area contributed by atoms with Crippen molar-refractivity contribution in [2.45, 2.75) is 46.6 Å². The summed E-state index contributed by atoms with van der Waals surface area (Å²) in [6.07, 6.45) is 1.61. The quantitative estimate of drug-likeness (QED) is 0.148. The van der Waals surface area contributed by atoms with Crippen LogP contribution < -0.4 is 9.47 Å². The third-order valence-electron chi connectivity index (χ3n) is 6.97. The number of benzene rings is 3. The molecule has 0 saturated carbocycles. The number of carbonyl (C=O) groups excluding carboxylic acids is 3. The van der Waals surface area contributed by atoms with Gasteiger partial charge in [-0.3, -0.25) is 4.79 Å². The molecule has 0 saturated heterocycles. The summed E-state index contributed by atoms with van der Waals surface area (Å²) in [5.41, 5.74) is 7.93. The maximum Gasteiger partial charge on any atom is 0.338 e. The lowest BCUT2D eigenvalue weighted by atomic mass is 9.93. The fraction of sp³-hybridized carbons (Fsp3) is 0.229. The Morgan fingerprint density at radius 2 is 1.41 bits per heavy atom. The van der Waals surface area contributed by atoms with Gasteiger partial charge in [-0.25, -0.2) is 9.59 Å². The van der Waals surface area contributed by atoms with Gasteiger partial charge >= 0.3 is 11.9 Å². The van der Waals surface area contributed by atoms with Crippen LogP contribution in [0.25, 0.3) is 22.3 Å². The minimum absolute atomic E-state index is 0.0286. The van der Waals surface area contributed by atoms with Gasteiger partial charge in [0, 0.05) is 22.8 Å². The normalized spacial score (nSPS) is 13.7. The van der Waals surface area contributed by atoms with Crippen molar-refractivity contribution >= 4 is 17.7 Å². The number of ether oxygens (including phenoxy) is 3. The first kappa shape index (κ1) is 29.4. The van der Waals surface area contributed by atoms with E-state index in [9.17, 15) is 14.4 Å². The highest BCUT2D eigenvalue weighted by atomic mass is 16.5. The first-order valence-corrected chi connectivity index (χ1v) is 13.4. The molecule has 41 heavy (non-hydrogen) atoms. The Morgan fingerprint density at radius 3 is 2.07 bits per heavy atom. The van der Waals surface area contributed by atoms with E-state index in [1.807, 2.05) is 25.1 Å². The summed E-state index contributed by atoms with van der Waals surface area (Å²) in [7, 11) is 0. The van der Waals surface area contributed by atoms with Crippen molar-refractivity contribution in [2.24, 2.45) is 0 Å². The van der Waals surface area contributed by atoms with Crippen molar-refractivity contribution < 1.29 is 28.6 Å². The van der Waals surface area contributed by atoms with E-state index in [1.165, 1.54) is 11.6 Å². The fourth-order valence-corrected chi connectivity index (χ4v) is 4.63. The Bertz CT molecular complexity index is 1590. The molecule has 4 rings (SSSR count). The zero-order valence-electron chi connectivity index (χ0n) is 24.0. The summed E-state index contributed by atoms with van der Waals surface area (Å²) in [5.74, 6) is -0.753. The van der Waals surface area contributed by atoms with Crippen LogP contribution in [0, 0.1) is 6.92 Å². The van der Waals surface area contributed by atoms with Crippen LogP contribution in [0.2, 0.25) is 0 Å². The molecule has 0 N–H and O–H groups in total. The molecule has 3 aromatic carbocycles. The van der Waals surface area contributed by atoms with Gasteiger partial charge in [0.25, 0.3) is 0 Å². The Hall–Kier alpha value is -4.55. The molecular formula is C35H34O6. The summed E-state index contributed by atoms with van der Waals surface area (Å²) in [5, 5.41) is 0. The maximum absolute atomic E-state index is 12.4. The molecule has 1 aliphatic carbocycles. The van der Waals surface area contributed by atoms with Crippen LogP contribution in [0.1, 0.15) is 50.0 Å². The van der Waals surface area contributed by atoms with Crippen LogP contribution in [0.15, 0.2) is 91.1 Å². The Balaban J connectivity index is 1.65. The first-order valence-electron chi connectivity index (χ1n) is 13.4. The van der Waals surface area contributed by atoms with Gasteiger partial charge in [-0.2, -0.15) is 0 Å². The molecule has 0 heterocycles. The molecule has 3 aromatic rings. The third kappa shape index (κ3) is 6.79. The molecule has 0 fully saturated rings. The zero-order valence-corrected chi connectivity index (χ0v) is 24.0. The van der Waals surface area contributed by atoms with E-state index in [1.54, 1.807) is 32.9 Å². The number of fused-ring (bicyclic) bond motifs is 1. The molecule has 6 heteroatoms. The van der Waals surface area contributed by atoms with Crippen LogP contribution in [-0.2, 0) is 25.5 Å². The number of hydrogen-bond acceptors (Lipinski definition) is 6. The van der Waals surface area contributed by atoms with Crippen LogP contribution in [0.5, 0.6) is 11.5 Å². The molecule has 0 radical (unpaired) electrons. The first-order chi connectivity index (χ1) is 19.4. The van der Waals surface area contributed by atoms with Crippen molar-refractivity contribution in [3.63, 3.8) is 0 Å². The van der Waals surface area contributed by atoms with Crippen LogP contribution in [-0.4, -0.2) is 24.3 Å². The Labute approximate surface area is 241 Å². The number of esters is 2. The summed E-state index contributed by atoms with van der Waals surface area (Å²) in [6.45, 7) is 17.8. The van der Waals surface area contributed by atoms with Crippen molar-refractivity contribution in [2.75, 3.05) is 6.61 Å².